The second kappa shape index (κ2) is 10.7. The Bertz CT molecular complexity index is 1230. The topological polar surface area (TPSA) is 136 Å². The Labute approximate surface area is 202 Å². The molecule has 0 radical (unpaired) electrons. The number of nitrogens with two attached hydrogens (primary N) is 1. The number of aromatic nitrogens is 3. The average Bonchev–Trinajstić information content (AvgIpc) is 2.86. The Morgan fingerprint density at radius 2 is 1.94 bits per heavy atom. The van der Waals surface area contributed by atoms with E-state index in [4.69, 9.17) is 15.3 Å². The van der Waals surface area contributed by atoms with Crippen LogP contribution in [0.5, 0.6) is 5.88 Å². The van der Waals surface area contributed by atoms with Gasteiger partial charge in [-0.05, 0) is 43.0 Å². The number of nitrogen functional groups attached to an aromatic ring is 1. The standard InChI is InChI=1S/C25H28FN5O4/c1-14-24-21(30-25(27)28-14)8-16(9-22(24)31-35-13-15(11-32)12-33)18-7-6-17(26)10-19(18)20-4-3-5-23(29-20)34-2/h3-7,10,15-16,32-33H,8-9,11-13H2,1-2H3,(H2,27,28,30)/b31-22+/t16-/m0/s1. The molecular weight excluding hydrogens is 453 g/mol. The van der Waals surface area contributed by atoms with Gasteiger partial charge < -0.3 is 25.5 Å². The third kappa shape index (κ3) is 5.39. The number of anilines is 1. The summed E-state index contributed by atoms with van der Waals surface area (Å²) in [6.45, 7) is 1.46. The number of rotatable bonds is 8. The molecular formula is C25H28FN5O4. The zero-order valence-electron chi connectivity index (χ0n) is 19.6. The predicted octanol–water partition coefficient (Wildman–Crippen LogP) is 2.63. The first kappa shape index (κ1) is 24.5. The van der Waals surface area contributed by atoms with E-state index in [-0.39, 0.29) is 37.5 Å². The Hall–Kier alpha value is -3.63. The minimum absolute atomic E-state index is 0.0565. The summed E-state index contributed by atoms with van der Waals surface area (Å²) < 4.78 is 19.6. The highest BCUT2D eigenvalue weighted by molar-refractivity contribution is 6.03. The molecule has 184 valence electrons. The van der Waals surface area contributed by atoms with Crippen LogP contribution in [0.2, 0.25) is 0 Å². The molecule has 0 amide bonds. The van der Waals surface area contributed by atoms with Crippen LogP contribution in [0, 0.1) is 18.7 Å². The van der Waals surface area contributed by atoms with Crippen molar-refractivity contribution in [3.63, 3.8) is 0 Å². The van der Waals surface area contributed by atoms with Crippen molar-refractivity contribution < 1.29 is 24.2 Å². The predicted molar refractivity (Wildman–Crippen MR) is 129 cm³/mol. The maximum absolute atomic E-state index is 14.3. The minimum Gasteiger partial charge on any atom is -0.481 e. The van der Waals surface area contributed by atoms with E-state index in [1.54, 1.807) is 12.1 Å². The summed E-state index contributed by atoms with van der Waals surface area (Å²) in [6.07, 6.45) is 1.02. The van der Waals surface area contributed by atoms with Crippen molar-refractivity contribution in [1.82, 2.24) is 15.0 Å². The van der Waals surface area contributed by atoms with E-state index in [1.165, 1.54) is 19.2 Å². The Morgan fingerprint density at radius 3 is 2.69 bits per heavy atom. The molecule has 1 aliphatic carbocycles. The highest BCUT2D eigenvalue weighted by Crippen LogP contribution is 2.38. The van der Waals surface area contributed by atoms with E-state index in [0.717, 1.165) is 16.8 Å². The summed E-state index contributed by atoms with van der Waals surface area (Å²) in [5.41, 5.74) is 10.9. The molecule has 0 unspecified atom stereocenters. The lowest BCUT2D eigenvalue weighted by molar-refractivity contribution is 0.0481. The molecule has 9 nitrogen and oxygen atoms in total. The largest absolute Gasteiger partial charge is 0.481 e. The summed E-state index contributed by atoms with van der Waals surface area (Å²) in [5, 5.41) is 23.0. The summed E-state index contributed by atoms with van der Waals surface area (Å²) in [4.78, 5) is 18.7. The first-order chi connectivity index (χ1) is 16.9. The number of ether oxygens (including phenoxy) is 1. The minimum atomic E-state index is -0.440. The van der Waals surface area contributed by atoms with Gasteiger partial charge in [-0.1, -0.05) is 17.3 Å². The fourth-order valence-corrected chi connectivity index (χ4v) is 4.29. The van der Waals surface area contributed by atoms with E-state index in [1.807, 2.05) is 19.1 Å². The lowest BCUT2D eigenvalue weighted by Gasteiger charge is -2.28. The van der Waals surface area contributed by atoms with Gasteiger partial charge in [-0.3, -0.25) is 0 Å². The maximum atomic E-state index is 14.3. The van der Waals surface area contributed by atoms with Crippen LogP contribution in [0.15, 0.2) is 41.6 Å². The summed E-state index contributed by atoms with van der Waals surface area (Å²) in [5.74, 6) is -0.334. The van der Waals surface area contributed by atoms with Crippen LogP contribution in [-0.2, 0) is 11.3 Å². The molecule has 2 heterocycles. The van der Waals surface area contributed by atoms with Crippen molar-refractivity contribution in [1.29, 1.82) is 0 Å². The van der Waals surface area contributed by atoms with Gasteiger partial charge in [0.2, 0.25) is 11.8 Å². The van der Waals surface area contributed by atoms with Crippen LogP contribution in [0.25, 0.3) is 11.3 Å². The van der Waals surface area contributed by atoms with Gasteiger partial charge in [-0.15, -0.1) is 0 Å². The maximum Gasteiger partial charge on any atom is 0.220 e. The fourth-order valence-electron chi connectivity index (χ4n) is 4.29. The van der Waals surface area contributed by atoms with Gasteiger partial charge in [0.15, 0.2) is 0 Å². The number of fused-ring (bicyclic) bond motifs is 1. The molecule has 4 rings (SSSR count). The molecule has 0 bridgehead atoms. The van der Waals surface area contributed by atoms with Gasteiger partial charge in [-0.2, -0.15) is 0 Å². The van der Waals surface area contributed by atoms with E-state index in [2.05, 4.69) is 20.1 Å². The third-order valence-electron chi connectivity index (χ3n) is 6.02. The monoisotopic (exact) mass is 481 g/mol. The molecule has 3 aromatic rings. The molecule has 1 aliphatic rings. The molecule has 0 aliphatic heterocycles. The first-order valence-electron chi connectivity index (χ1n) is 11.3. The number of pyridine rings is 1. The second-order valence-corrected chi connectivity index (χ2v) is 8.46. The van der Waals surface area contributed by atoms with Gasteiger partial charge in [-0.25, -0.2) is 19.3 Å². The van der Waals surface area contributed by atoms with Crippen molar-refractivity contribution >= 4 is 11.7 Å². The lowest BCUT2D eigenvalue weighted by Crippen LogP contribution is -2.25. The summed E-state index contributed by atoms with van der Waals surface area (Å²) in [6, 6.07) is 9.99. The zero-order chi connectivity index (χ0) is 24.9. The average molecular weight is 482 g/mol. The van der Waals surface area contributed by atoms with Crippen molar-refractivity contribution in [2.75, 3.05) is 32.7 Å². The molecule has 2 aromatic heterocycles. The number of methoxy groups -OCH3 is 1. The van der Waals surface area contributed by atoms with Gasteiger partial charge >= 0.3 is 0 Å². The molecule has 35 heavy (non-hydrogen) atoms. The fraction of sp³-hybridized carbons (Fsp3) is 0.360. The third-order valence-corrected chi connectivity index (χ3v) is 6.02. The second-order valence-electron chi connectivity index (χ2n) is 8.46. The SMILES string of the molecule is COc1cccc(-c2cc(F)ccc2[C@@H]2C/C(=N\OCC(CO)CO)c3c(C)nc(N)nc3C2)n1. The number of hydrogen-bond acceptors (Lipinski definition) is 9. The van der Waals surface area contributed by atoms with Crippen LogP contribution in [0.4, 0.5) is 10.3 Å². The van der Waals surface area contributed by atoms with Gasteiger partial charge in [0, 0.05) is 29.5 Å². The number of aliphatic hydroxyl groups is 2. The molecule has 10 heteroatoms. The number of halogens is 1. The number of nitrogens with zero attached hydrogens (tertiary/aromatic N) is 4. The zero-order valence-corrected chi connectivity index (χ0v) is 19.6. The molecule has 0 spiro atoms. The van der Waals surface area contributed by atoms with Gasteiger partial charge in [0.05, 0.1) is 43.1 Å². The van der Waals surface area contributed by atoms with Gasteiger partial charge in [0.25, 0.3) is 0 Å². The summed E-state index contributed by atoms with van der Waals surface area (Å²) in [7, 11) is 1.53. The van der Waals surface area contributed by atoms with Crippen LogP contribution in [0.1, 0.15) is 34.9 Å². The van der Waals surface area contributed by atoms with E-state index < -0.39 is 5.92 Å². The number of benzene rings is 1. The van der Waals surface area contributed by atoms with Crippen molar-refractivity contribution in [2.24, 2.45) is 11.1 Å². The Morgan fingerprint density at radius 1 is 1.14 bits per heavy atom. The molecule has 0 saturated carbocycles. The van der Waals surface area contributed by atoms with Crippen LogP contribution < -0.4 is 10.5 Å². The molecule has 1 aromatic carbocycles. The van der Waals surface area contributed by atoms with Crippen molar-refractivity contribution in [3.8, 4) is 17.1 Å². The first-order valence-corrected chi connectivity index (χ1v) is 11.3. The quantitative estimate of drug-likeness (QED) is 0.418. The molecule has 0 fully saturated rings. The molecule has 1 atom stereocenters. The van der Waals surface area contributed by atoms with E-state index >= 15 is 0 Å². The molecule has 0 saturated heterocycles. The highest BCUT2D eigenvalue weighted by Gasteiger charge is 2.31. The lowest BCUT2D eigenvalue weighted by atomic mass is 9.79. The Balaban J connectivity index is 1.76. The van der Waals surface area contributed by atoms with Gasteiger partial charge in [0.1, 0.15) is 12.4 Å². The van der Waals surface area contributed by atoms with E-state index in [0.29, 0.717) is 41.4 Å². The summed E-state index contributed by atoms with van der Waals surface area (Å²) >= 11 is 0. The van der Waals surface area contributed by atoms with Crippen molar-refractivity contribution in [2.45, 2.75) is 25.7 Å². The van der Waals surface area contributed by atoms with Crippen molar-refractivity contribution in [3.05, 3.63) is 64.7 Å². The Kier molecular flexibility index (Phi) is 7.52. The number of aryl methyl sites for hydroxylation is 1. The van der Waals surface area contributed by atoms with Crippen LogP contribution in [-0.4, -0.2) is 57.8 Å². The van der Waals surface area contributed by atoms with Crippen LogP contribution in [0.3, 0.4) is 0 Å². The van der Waals surface area contributed by atoms with Crippen LogP contribution >= 0.6 is 0 Å². The molecule has 4 N–H and O–H groups in total. The number of oxime groups is 1. The number of hydrogen-bond donors (Lipinski definition) is 3. The highest BCUT2D eigenvalue weighted by atomic mass is 19.1. The number of aliphatic hydroxyl groups excluding tert-OH is 2. The van der Waals surface area contributed by atoms with E-state index in [9.17, 15) is 14.6 Å². The normalized spacial score (nSPS) is 16.4. The smallest absolute Gasteiger partial charge is 0.220 e.